The van der Waals surface area contributed by atoms with Gasteiger partial charge >= 0.3 is 5.97 Å². The maximum atomic E-state index is 12.5. The molecule has 0 atom stereocenters. The monoisotopic (exact) mass is 310 g/mol. The molecule has 0 aliphatic rings. The van der Waals surface area contributed by atoms with Crippen LogP contribution in [0.3, 0.4) is 0 Å². The third-order valence-corrected chi connectivity index (χ3v) is 4.83. The van der Waals surface area contributed by atoms with Crippen molar-refractivity contribution >= 4 is 16.0 Å². The summed E-state index contributed by atoms with van der Waals surface area (Å²) >= 11 is 0. The van der Waals surface area contributed by atoms with Crippen LogP contribution in [0.4, 0.5) is 0 Å². The summed E-state index contributed by atoms with van der Waals surface area (Å²) in [7, 11) is -2.47. The van der Waals surface area contributed by atoms with Crippen LogP contribution in [-0.2, 0) is 14.8 Å². The molecule has 0 spiro atoms. The predicted molar refractivity (Wildman–Crippen MR) is 74.0 cm³/mol. The maximum absolute atomic E-state index is 12.5. The van der Waals surface area contributed by atoms with Crippen LogP contribution in [0.2, 0.25) is 0 Å². The van der Waals surface area contributed by atoms with Crippen molar-refractivity contribution in [3.05, 3.63) is 36.5 Å². The molecule has 0 unspecified atom stereocenters. The predicted octanol–water partition coefficient (Wildman–Crippen LogP) is 1.44. The molecule has 2 rings (SSSR count). The molecular weight excluding hydrogens is 296 g/mol. The Morgan fingerprint density at radius 1 is 1.33 bits per heavy atom. The Labute approximate surface area is 121 Å². The lowest BCUT2D eigenvalue weighted by Crippen LogP contribution is -2.29. The van der Waals surface area contributed by atoms with E-state index in [1.165, 1.54) is 19.3 Å². The van der Waals surface area contributed by atoms with Gasteiger partial charge in [0.15, 0.2) is 5.76 Å². The second kappa shape index (κ2) is 6.06. The van der Waals surface area contributed by atoms with Crippen LogP contribution in [0, 0.1) is 0 Å². The van der Waals surface area contributed by atoms with Gasteiger partial charge in [-0.25, -0.2) is 12.7 Å². The molecule has 1 N–H and O–H groups in total. The van der Waals surface area contributed by atoms with Crippen LogP contribution >= 0.6 is 0 Å². The zero-order valence-electron chi connectivity index (χ0n) is 11.3. The Morgan fingerprint density at radius 3 is 2.67 bits per heavy atom. The summed E-state index contributed by atoms with van der Waals surface area (Å²) < 4.78 is 31.1. The number of carboxylic acid groups (broad SMARTS) is 1. The van der Waals surface area contributed by atoms with Crippen molar-refractivity contribution in [2.75, 3.05) is 13.6 Å². The van der Waals surface area contributed by atoms with Crippen molar-refractivity contribution in [1.29, 1.82) is 0 Å². The summed E-state index contributed by atoms with van der Waals surface area (Å²) in [5.41, 5.74) is 0.386. The number of benzene rings is 1. The zero-order chi connectivity index (χ0) is 15.5. The van der Waals surface area contributed by atoms with E-state index in [-0.39, 0.29) is 17.9 Å². The Morgan fingerprint density at radius 2 is 2.05 bits per heavy atom. The first-order valence-corrected chi connectivity index (χ1v) is 7.55. The van der Waals surface area contributed by atoms with Crippen LogP contribution in [0.25, 0.3) is 11.3 Å². The normalized spacial score (nSPS) is 11.7. The van der Waals surface area contributed by atoms with Crippen molar-refractivity contribution in [3.63, 3.8) is 0 Å². The molecule has 0 bridgehead atoms. The Kier molecular flexibility index (Phi) is 4.39. The van der Waals surface area contributed by atoms with Gasteiger partial charge in [-0.2, -0.15) is 0 Å². The molecular formula is C13H14N2O5S. The number of aliphatic carboxylic acids is 1. The molecule has 0 saturated heterocycles. The molecule has 112 valence electrons. The lowest BCUT2D eigenvalue weighted by atomic mass is 10.2. The van der Waals surface area contributed by atoms with Gasteiger partial charge in [-0.1, -0.05) is 17.3 Å². The number of carboxylic acids is 1. The van der Waals surface area contributed by atoms with E-state index in [0.717, 1.165) is 4.31 Å². The van der Waals surface area contributed by atoms with Gasteiger partial charge in [-0.3, -0.25) is 4.79 Å². The fraction of sp³-hybridized carbons (Fsp3) is 0.231. The topological polar surface area (TPSA) is 101 Å². The average Bonchev–Trinajstić information content (AvgIpc) is 2.98. The van der Waals surface area contributed by atoms with Gasteiger partial charge in [0, 0.05) is 25.2 Å². The molecule has 0 saturated carbocycles. The second-order valence-electron chi connectivity index (χ2n) is 4.34. The number of sulfonamides is 1. The van der Waals surface area contributed by atoms with Gasteiger partial charge in [0.25, 0.3) is 0 Å². The van der Waals surface area contributed by atoms with Crippen LogP contribution in [0.5, 0.6) is 0 Å². The van der Waals surface area contributed by atoms with E-state index in [0.29, 0.717) is 11.3 Å². The first-order chi connectivity index (χ1) is 9.93. The minimum atomic E-state index is -3.81. The summed E-state index contributed by atoms with van der Waals surface area (Å²) in [6.45, 7) is -0.109. The number of hydrogen-bond acceptors (Lipinski definition) is 5. The smallest absolute Gasteiger partial charge is 0.304 e. The lowest BCUT2D eigenvalue weighted by molar-refractivity contribution is -0.137. The highest BCUT2D eigenvalue weighted by atomic mass is 32.2. The second-order valence-corrected chi connectivity index (χ2v) is 6.36. The SMILES string of the molecule is CN(CCC(=O)O)S(=O)(=O)c1ccccc1-c1ccno1. The highest BCUT2D eigenvalue weighted by Gasteiger charge is 2.25. The molecule has 8 heteroatoms. The van der Waals surface area contributed by atoms with Crippen molar-refractivity contribution in [1.82, 2.24) is 9.46 Å². The summed E-state index contributed by atoms with van der Waals surface area (Å²) in [6.07, 6.45) is 1.16. The van der Waals surface area contributed by atoms with E-state index in [4.69, 9.17) is 9.63 Å². The van der Waals surface area contributed by atoms with E-state index in [9.17, 15) is 13.2 Å². The summed E-state index contributed by atoms with van der Waals surface area (Å²) in [5, 5.41) is 12.2. The van der Waals surface area contributed by atoms with E-state index in [1.54, 1.807) is 24.3 Å². The molecule has 1 aromatic carbocycles. The molecule has 0 amide bonds. The van der Waals surface area contributed by atoms with Crippen molar-refractivity contribution in [2.24, 2.45) is 0 Å². The molecule has 2 aromatic rings. The van der Waals surface area contributed by atoms with Gasteiger partial charge in [0.1, 0.15) is 0 Å². The summed E-state index contributed by atoms with van der Waals surface area (Å²) in [4.78, 5) is 10.6. The molecule has 1 aromatic heterocycles. The van der Waals surface area contributed by atoms with Gasteiger partial charge in [-0.05, 0) is 12.1 Å². The van der Waals surface area contributed by atoms with Crippen molar-refractivity contribution in [3.8, 4) is 11.3 Å². The minimum Gasteiger partial charge on any atom is -0.481 e. The first-order valence-electron chi connectivity index (χ1n) is 6.11. The molecule has 0 radical (unpaired) electrons. The van der Waals surface area contributed by atoms with Crippen molar-refractivity contribution < 1.29 is 22.8 Å². The van der Waals surface area contributed by atoms with E-state index in [2.05, 4.69) is 5.16 Å². The molecule has 0 aliphatic carbocycles. The van der Waals surface area contributed by atoms with Crippen LogP contribution < -0.4 is 0 Å². The summed E-state index contributed by atoms with van der Waals surface area (Å²) in [5.74, 6) is -0.721. The third kappa shape index (κ3) is 3.29. The minimum absolute atomic E-state index is 0.0506. The van der Waals surface area contributed by atoms with Crippen molar-refractivity contribution in [2.45, 2.75) is 11.3 Å². The fourth-order valence-corrected chi connectivity index (χ4v) is 3.16. The largest absolute Gasteiger partial charge is 0.481 e. The number of aromatic nitrogens is 1. The summed E-state index contributed by atoms with van der Waals surface area (Å²) in [6, 6.07) is 7.90. The Balaban J connectivity index is 2.39. The third-order valence-electron chi connectivity index (χ3n) is 2.92. The number of carbonyl (C=O) groups is 1. The molecule has 21 heavy (non-hydrogen) atoms. The molecule has 0 aliphatic heterocycles. The standard InChI is InChI=1S/C13H14N2O5S/c1-15(9-7-13(16)17)21(18,19)12-5-3-2-4-10(12)11-6-8-14-20-11/h2-6,8H,7,9H2,1H3,(H,16,17). The van der Waals surface area contributed by atoms with Gasteiger partial charge in [0.2, 0.25) is 10.0 Å². The first kappa shape index (κ1) is 15.2. The van der Waals surface area contributed by atoms with Gasteiger partial charge in [-0.15, -0.1) is 0 Å². The fourth-order valence-electron chi connectivity index (χ4n) is 1.79. The van der Waals surface area contributed by atoms with Gasteiger partial charge < -0.3 is 9.63 Å². The van der Waals surface area contributed by atoms with Crippen LogP contribution in [-0.4, -0.2) is 42.5 Å². The Hall–Kier alpha value is -2.19. The number of hydrogen-bond donors (Lipinski definition) is 1. The number of rotatable bonds is 6. The molecule has 7 nitrogen and oxygen atoms in total. The maximum Gasteiger partial charge on any atom is 0.304 e. The zero-order valence-corrected chi connectivity index (χ0v) is 12.1. The van der Waals surface area contributed by atoms with Crippen LogP contribution in [0.1, 0.15) is 6.42 Å². The average molecular weight is 310 g/mol. The van der Waals surface area contributed by atoms with E-state index < -0.39 is 16.0 Å². The van der Waals surface area contributed by atoms with E-state index in [1.807, 2.05) is 0 Å². The highest BCUT2D eigenvalue weighted by molar-refractivity contribution is 7.89. The molecule has 1 heterocycles. The lowest BCUT2D eigenvalue weighted by Gasteiger charge is -2.17. The number of nitrogens with zero attached hydrogens (tertiary/aromatic N) is 2. The van der Waals surface area contributed by atoms with Gasteiger partial charge in [0.05, 0.1) is 17.5 Å². The van der Waals surface area contributed by atoms with E-state index >= 15 is 0 Å². The highest BCUT2D eigenvalue weighted by Crippen LogP contribution is 2.28. The Bertz CT molecular complexity index is 725. The van der Waals surface area contributed by atoms with Crippen LogP contribution in [0.15, 0.2) is 45.9 Å². The quantitative estimate of drug-likeness (QED) is 0.866. The molecule has 0 fully saturated rings.